The van der Waals surface area contributed by atoms with Crippen LogP contribution in [0, 0.1) is 0 Å². The number of methoxy groups -OCH3 is 1. The molecular formula is C13H16BrN3O3S. The van der Waals surface area contributed by atoms with E-state index in [-0.39, 0.29) is 11.4 Å². The lowest BCUT2D eigenvalue weighted by molar-refractivity contribution is 0.396. The van der Waals surface area contributed by atoms with Crippen molar-refractivity contribution < 1.29 is 13.2 Å². The monoisotopic (exact) mass is 373 g/mol. The van der Waals surface area contributed by atoms with Crippen molar-refractivity contribution in [3.05, 3.63) is 40.9 Å². The Bertz CT molecular complexity index is 743. The van der Waals surface area contributed by atoms with Crippen LogP contribution in [0.1, 0.15) is 5.82 Å². The van der Waals surface area contributed by atoms with E-state index in [0.29, 0.717) is 16.0 Å². The number of benzene rings is 1. The van der Waals surface area contributed by atoms with Crippen molar-refractivity contribution in [2.24, 2.45) is 7.05 Å². The standard InChI is InChI=1S/C13H16BrN3O3S/c1-16-7-6-15-13(16)9-17(2)21(18,19)12-8-10(14)4-5-11(12)20-3/h4-8H,9H2,1-3H3. The fourth-order valence-corrected chi connectivity index (χ4v) is 3.67. The molecule has 0 spiro atoms. The molecule has 0 amide bonds. The maximum Gasteiger partial charge on any atom is 0.246 e. The molecule has 0 atom stereocenters. The van der Waals surface area contributed by atoms with Crippen LogP contribution in [0.15, 0.2) is 40.0 Å². The highest BCUT2D eigenvalue weighted by Crippen LogP contribution is 2.29. The van der Waals surface area contributed by atoms with E-state index in [1.54, 1.807) is 29.1 Å². The Balaban J connectivity index is 2.37. The second kappa shape index (κ2) is 6.17. The van der Waals surface area contributed by atoms with Gasteiger partial charge >= 0.3 is 0 Å². The molecule has 0 saturated heterocycles. The summed E-state index contributed by atoms with van der Waals surface area (Å²) in [5, 5.41) is 0. The average Bonchev–Trinajstić information content (AvgIpc) is 2.84. The van der Waals surface area contributed by atoms with Gasteiger partial charge in [0.1, 0.15) is 16.5 Å². The first kappa shape index (κ1) is 16.0. The van der Waals surface area contributed by atoms with E-state index >= 15 is 0 Å². The minimum Gasteiger partial charge on any atom is -0.495 e. The number of aryl methyl sites for hydroxylation is 1. The van der Waals surface area contributed by atoms with Gasteiger partial charge in [0, 0.05) is 31.0 Å². The summed E-state index contributed by atoms with van der Waals surface area (Å²) >= 11 is 3.28. The molecule has 2 rings (SSSR count). The Morgan fingerprint density at radius 2 is 2.14 bits per heavy atom. The van der Waals surface area contributed by atoms with Gasteiger partial charge in [-0.1, -0.05) is 15.9 Å². The fraction of sp³-hybridized carbons (Fsp3) is 0.308. The molecule has 8 heteroatoms. The van der Waals surface area contributed by atoms with Gasteiger partial charge in [0.2, 0.25) is 10.0 Å². The van der Waals surface area contributed by atoms with Crippen LogP contribution in [0.5, 0.6) is 5.75 Å². The highest BCUT2D eigenvalue weighted by atomic mass is 79.9. The van der Waals surface area contributed by atoms with Crippen molar-refractivity contribution in [3.63, 3.8) is 0 Å². The molecule has 0 aliphatic heterocycles. The van der Waals surface area contributed by atoms with Crippen molar-refractivity contribution in [3.8, 4) is 5.75 Å². The molecule has 0 unspecified atom stereocenters. The Morgan fingerprint density at radius 1 is 1.43 bits per heavy atom. The van der Waals surface area contributed by atoms with Gasteiger partial charge in [0.15, 0.2) is 0 Å². The first-order valence-electron chi connectivity index (χ1n) is 6.12. The number of rotatable bonds is 5. The van der Waals surface area contributed by atoms with Gasteiger partial charge in [-0.25, -0.2) is 13.4 Å². The number of imidazole rings is 1. The second-order valence-electron chi connectivity index (χ2n) is 4.51. The summed E-state index contributed by atoms with van der Waals surface area (Å²) in [5.74, 6) is 0.972. The SMILES string of the molecule is COc1ccc(Br)cc1S(=O)(=O)N(C)Cc1nccn1C. The summed E-state index contributed by atoms with van der Waals surface area (Å²) in [7, 11) is 1.11. The van der Waals surface area contributed by atoms with Crippen LogP contribution in [-0.4, -0.2) is 36.4 Å². The maximum atomic E-state index is 12.7. The average molecular weight is 374 g/mol. The lowest BCUT2D eigenvalue weighted by atomic mass is 10.3. The maximum absolute atomic E-state index is 12.7. The van der Waals surface area contributed by atoms with Crippen molar-refractivity contribution in [1.29, 1.82) is 0 Å². The Hall–Kier alpha value is -1.38. The molecule has 0 aliphatic rings. The van der Waals surface area contributed by atoms with E-state index in [1.807, 2.05) is 7.05 Å². The van der Waals surface area contributed by atoms with E-state index in [4.69, 9.17) is 4.74 Å². The van der Waals surface area contributed by atoms with Crippen molar-refractivity contribution in [1.82, 2.24) is 13.9 Å². The lowest BCUT2D eigenvalue weighted by Gasteiger charge is -2.18. The normalized spacial score (nSPS) is 11.9. The number of hydrogen-bond donors (Lipinski definition) is 0. The van der Waals surface area contributed by atoms with Gasteiger partial charge in [0.05, 0.1) is 13.7 Å². The largest absolute Gasteiger partial charge is 0.495 e. The first-order valence-corrected chi connectivity index (χ1v) is 8.35. The molecule has 0 fully saturated rings. The first-order chi connectivity index (χ1) is 9.86. The van der Waals surface area contributed by atoms with Crippen LogP contribution in [0.2, 0.25) is 0 Å². The van der Waals surface area contributed by atoms with E-state index in [0.717, 1.165) is 0 Å². The minimum absolute atomic E-state index is 0.121. The van der Waals surface area contributed by atoms with E-state index in [1.165, 1.54) is 24.5 Å². The summed E-state index contributed by atoms with van der Waals surface area (Å²) < 4.78 is 34.2. The van der Waals surface area contributed by atoms with Gasteiger partial charge in [-0.15, -0.1) is 0 Å². The number of hydrogen-bond acceptors (Lipinski definition) is 4. The van der Waals surface area contributed by atoms with Gasteiger partial charge in [-0.05, 0) is 18.2 Å². The molecular weight excluding hydrogens is 358 g/mol. The molecule has 114 valence electrons. The van der Waals surface area contributed by atoms with Gasteiger partial charge in [-0.2, -0.15) is 4.31 Å². The van der Waals surface area contributed by atoms with Gasteiger partial charge < -0.3 is 9.30 Å². The molecule has 0 saturated carbocycles. The third-order valence-corrected chi connectivity index (χ3v) is 5.42. The fourth-order valence-electron chi connectivity index (χ4n) is 1.85. The summed E-state index contributed by atoms with van der Waals surface area (Å²) in [6.07, 6.45) is 3.41. The zero-order valence-electron chi connectivity index (χ0n) is 11.9. The van der Waals surface area contributed by atoms with Gasteiger partial charge in [0.25, 0.3) is 0 Å². The molecule has 1 heterocycles. The van der Waals surface area contributed by atoms with Gasteiger partial charge in [-0.3, -0.25) is 0 Å². The summed E-state index contributed by atoms with van der Waals surface area (Å²) in [6, 6.07) is 4.88. The third-order valence-electron chi connectivity index (χ3n) is 3.10. The molecule has 0 aliphatic carbocycles. The minimum atomic E-state index is -3.67. The summed E-state index contributed by atoms with van der Waals surface area (Å²) in [5.41, 5.74) is 0. The predicted molar refractivity (Wildman–Crippen MR) is 82.6 cm³/mol. The van der Waals surface area contributed by atoms with Crippen molar-refractivity contribution in [2.75, 3.05) is 14.2 Å². The van der Waals surface area contributed by atoms with Crippen LogP contribution in [0.3, 0.4) is 0 Å². The van der Waals surface area contributed by atoms with Crippen molar-refractivity contribution in [2.45, 2.75) is 11.4 Å². The summed E-state index contributed by atoms with van der Waals surface area (Å²) in [6.45, 7) is 0.182. The third kappa shape index (κ3) is 3.28. The van der Waals surface area contributed by atoms with E-state index in [9.17, 15) is 8.42 Å². The number of nitrogens with zero attached hydrogens (tertiary/aromatic N) is 3. The highest BCUT2D eigenvalue weighted by Gasteiger charge is 2.26. The molecule has 21 heavy (non-hydrogen) atoms. The number of sulfonamides is 1. The molecule has 1 aromatic carbocycles. The molecule has 0 radical (unpaired) electrons. The quantitative estimate of drug-likeness (QED) is 0.803. The predicted octanol–water partition coefficient (Wildman–Crippen LogP) is 2.01. The lowest BCUT2D eigenvalue weighted by Crippen LogP contribution is -2.28. The highest BCUT2D eigenvalue weighted by molar-refractivity contribution is 9.10. The van der Waals surface area contributed by atoms with E-state index < -0.39 is 10.0 Å². The topological polar surface area (TPSA) is 64.4 Å². The molecule has 1 aromatic heterocycles. The van der Waals surface area contributed by atoms with Crippen LogP contribution in [0.4, 0.5) is 0 Å². The second-order valence-corrected chi connectivity index (χ2v) is 7.44. The molecule has 0 bridgehead atoms. The van der Waals surface area contributed by atoms with Crippen LogP contribution in [0.25, 0.3) is 0 Å². The Morgan fingerprint density at radius 3 is 2.71 bits per heavy atom. The van der Waals surface area contributed by atoms with Crippen LogP contribution < -0.4 is 4.74 Å². The van der Waals surface area contributed by atoms with Crippen molar-refractivity contribution >= 4 is 26.0 Å². The van der Waals surface area contributed by atoms with E-state index in [2.05, 4.69) is 20.9 Å². The number of aromatic nitrogens is 2. The number of ether oxygens (including phenoxy) is 1. The van der Waals surface area contributed by atoms with Crippen LogP contribution >= 0.6 is 15.9 Å². The summed E-state index contributed by atoms with van der Waals surface area (Å²) in [4.78, 5) is 4.26. The zero-order valence-corrected chi connectivity index (χ0v) is 14.3. The smallest absolute Gasteiger partial charge is 0.246 e. The molecule has 2 aromatic rings. The molecule has 6 nitrogen and oxygen atoms in total. The Kier molecular flexibility index (Phi) is 4.70. The Labute approximate surface area is 132 Å². The molecule has 0 N–H and O–H groups in total. The zero-order chi connectivity index (χ0) is 15.6. The van der Waals surface area contributed by atoms with Crippen LogP contribution in [-0.2, 0) is 23.6 Å². The number of halogens is 1.